The summed E-state index contributed by atoms with van der Waals surface area (Å²) in [5, 5.41) is 0. The molecule has 2 rings (SSSR count). The second kappa shape index (κ2) is 16.7. The van der Waals surface area contributed by atoms with E-state index in [9.17, 15) is 8.78 Å². The van der Waals surface area contributed by atoms with Gasteiger partial charge in [0, 0.05) is 18.5 Å². The highest BCUT2D eigenvalue weighted by Crippen LogP contribution is 2.20. The van der Waals surface area contributed by atoms with Crippen LogP contribution in [0, 0.1) is 11.6 Å². The zero-order chi connectivity index (χ0) is 22.9. The van der Waals surface area contributed by atoms with E-state index in [1.54, 1.807) is 12.4 Å². The van der Waals surface area contributed by atoms with E-state index in [1.807, 2.05) is 0 Å². The van der Waals surface area contributed by atoms with Gasteiger partial charge in [-0.1, -0.05) is 103 Å². The van der Waals surface area contributed by atoms with Crippen LogP contribution in [0.25, 0.3) is 11.4 Å². The van der Waals surface area contributed by atoms with Crippen molar-refractivity contribution in [3.63, 3.8) is 0 Å². The first-order valence-corrected chi connectivity index (χ1v) is 13.0. The van der Waals surface area contributed by atoms with E-state index in [4.69, 9.17) is 0 Å². The first kappa shape index (κ1) is 26.4. The maximum absolute atomic E-state index is 13.8. The first-order chi connectivity index (χ1) is 15.7. The van der Waals surface area contributed by atoms with Crippen LogP contribution in [0.5, 0.6) is 0 Å². The molecule has 0 aliphatic carbocycles. The fourth-order valence-electron chi connectivity index (χ4n) is 4.17. The van der Waals surface area contributed by atoms with Crippen LogP contribution in [0.3, 0.4) is 0 Å². The summed E-state index contributed by atoms with van der Waals surface area (Å²) in [6, 6.07) is 3.48. The van der Waals surface area contributed by atoms with E-state index in [1.165, 1.54) is 108 Å². The van der Waals surface area contributed by atoms with Crippen molar-refractivity contribution in [2.75, 3.05) is 0 Å². The molecular weight excluding hydrogens is 402 g/mol. The molecule has 32 heavy (non-hydrogen) atoms. The predicted molar refractivity (Wildman–Crippen MR) is 131 cm³/mol. The van der Waals surface area contributed by atoms with Crippen molar-refractivity contribution in [1.82, 2.24) is 9.97 Å². The molecule has 0 aliphatic rings. The number of aryl methyl sites for hydroxylation is 1. The Kier molecular flexibility index (Phi) is 13.8. The molecule has 0 radical (unpaired) electrons. The average Bonchev–Trinajstić information content (AvgIpc) is 2.79. The number of aromatic nitrogens is 2. The smallest absolute Gasteiger partial charge is 0.162 e. The molecule has 0 aliphatic heterocycles. The quantitative estimate of drug-likeness (QED) is 0.214. The van der Waals surface area contributed by atoms with Crippen LogP contribution in [-0.2, 0) is 6.42 Å². The van der Waals surface area contributed by atoms with Gasteiger partial charge in [-0.25, -0.2) is 18.7 Å². The van der Waals surface area contributed by atoms with Crippen LogP contribution in [0.4, 0.5) is 8.78 Å². The topological polar surface area (TPSA) is 25.8 Å². The zero-order valence-electron chi connectivity index (χ0n) is 20.1. The number of halogens is 2. The molecular formula is C28H42F2N2. The SMILES string of the molecule is CCCCCCCCCCCCCCCCCCc1cnc(-c2ccc(F)cc2F)nc1. The van der Waals surface area contributed by atoms with E-state index < -0.39 is 11.6 Å². The Morgan fingerprint density at radius 3 is 1.56 bits per heavy atom. The molecule has 0 saturated carbocycles. The summed E-state index contributed by atoms with van der Waals surface area (Å²) in [5.74, 6) is -0.917. The number of hydrogen-bond acceptors (Lipinski definition) is 2. The van der Waals surface area contributed by atoms with E-state index in [0.717, 1.165) is 24.5 Å². The molecule has 0 bridgehead atoms. The Labute approximate surface area is 194 Å². The lowest BCUT2D eigenvalue weighted by Crippen LogP contribution is -1.95. The molecule has 4 heteroatoms. The maximum Gasteiger partial charge on any atom is 0.162 e. The molecule has 0 unspecified atom stereocenters. The van der Waals surface area contributed by atoms with Gasteiger partial charge in [0.05, 0.1) is 5.56 Å². The third-order valence-corrected chi connectivity index (χ3v) is 6.20. The van der Waals surface area contributed by atoms with E-state index in [0.29, 0.717) is 5.82 Å². The Morgan fingerprint density at radius 1 is 0.625 bits per heavy atom. The summed E-state index contributed by atoms with van der Waals surface area (Å²) in [7, 11) is 0. The Bertz CT molecular complexity index is 731. The lowest BCUT2D eigenvalue weighted by Gasteiger charge is -2.05. The van der Waals surface area contributed by atoms with Crippen LogP contribution in [0.2, 0.25) is 0 Å². The van der Waals surface area contributed by atoms with Gasteiger partial charge >= 0.3 is 0 Å². The number of rotatable bonds is 18. The molecule has 1 heterocycles. The molecule has 0 spiro atoms. The van der Waals surface area contributed by atoms with Crippen LogP contribution < -0.4 is 0 Å². The molecule has 0 amide bonds. The average molecular weight is 445 g/mol. The van der Waals surface area contributed by atoms with Gasteiger partial charge in [-0.05, 0) is 30.5 Å². The lowest BCUT2D eigenvalue weighted by atomic mass is 10.0. The van der Waals surface area contributed by atoms with Crippen LogP contribution in [-0.4, -0.2) is 9.97 Å². The molecule has 2 nitrogen and oxygen atoms in total. The fourth-order valence-corrected chi connectivity index (χ4v) is 4.17. The van der Waals surface area contributed by atoms with Crippen molar-refractivity contribution < 1.29 is 8.78 Å². The van der Waals surface area contributed by atoms with Gasteiger partial charge in [0.2, 0.25) is 0 Å². The number of hydrogen-bond donors (Lipinski definition) is 0. The first-order valence-electron chi connectivity index (χ1n) is 13.0. The van der Waals surface area contributed by atoms with E-state index >= 15 is 0 Å². The van der Waals surface area contributed by atoms with Crippen LogP contribution >= 0.6 is 0 Å². The Morgan fingerprint density at radius 2 is 1.09 bits per heavy atom. The monoisotopic (exact) mass is 444 g/mol. The van der Waals surface area contributed by atoms with Gasteiger partial charge < -0.3 is 0 Å². The second-order valence-electron chi connectivity index (χ2n) is 9.09. The van der Waals surface area contributed by atoms with Gasteiger partial charge in [0.15, 0.2) is 5.82 Å². The summed E-state index contributed by atoms with van der Waals surface area (Å²) in [4.78, 5) is 8.52. The van der Waals surface area contributed by atoms with Crippen molar-refractivity contribution in [2.45, 2.75) is 116 Å². The number of unbranched alkanes of at least 4 members (excludes halogenated alkanes) is 15. The minimum absolute atomic E-state index is 0.236. The van der Waals surface area contributed by atoms with Crippen LogP contribution in [0.15, 0.2) is 30.6 Å². The largest absolute Gasteiger partial charge is 0.236 e. The standard InChI is InChI=1S/C28H42F2N2/c1-2-3-4-5-6-7-8-9-10-11-12-13-14-15-16-17-18-24-22-31-28(32-23-24)26-20-19-25(29)21-27(26)30/h19-23H,2-18H2,1H3. The normalized spacial score (nSPS) is 11.2. The molecule has 2 aromatic rings. The summed E-state index contributed by atoms with van der Waals surface area (Å²) in [5.41, 5.74) is 1.31. The van der Waals surface area contributed by atoms with Gasteiger partial charge in [-0.2, -0.15) is 0 Å². The van der Waals surface area contributed by atoms with Crippen molar-refractivity contribution in [1.29, 1.82) is 0 Å². The van der Waals surface area contributed by atoms with Crippen LogP contribution in [0.1, 0.15) is 115 Å². The van der Waals surface area contributed by atoms with Gasteiger partial charge in [0.1, 0.15) is 11.6 Å². The van der Waals surface area contributed by atoms with E-state index in [2.05, 4.69) is 16.9 Å². The van der Waals surface area contributed by atoms with Crippen molar-refractivity contribution in [3.05, 3.63) is 47.8 Å². The third-order valence-electron chi connectivity index (χ3n) is 6.20. The minimum atomic E-state index is -0.629. The van der Waals surface area contributed by atoms with Crippen molar-refractivity contribution in [3.8, 4) is 11.4 Å². The molecule has 0 fully saturated rings. The molecule has 1 aromatic carbocycles. The predicted octanol–water partition coefficient (Wildman–Crippen LogP) is 9.23. The third kappa shape index (κ3) is 11.2. The zero-order valence-corrected chi connectivity index (χ0v) is 20.1. The molecule has 178 valence electrons. The maximum atomic E-state index is 13.8. The molecule has 1 aromatic heterocycles. The fraction of sp³-hybridized carbons (Fsp3) is 0.643. The highest BCUT2D eigenvalue weighted by Gasteiger charge is 2.09. The summed E-state index contributed by atoms with van der Waals surface area (Å²) in [6.45, 7) is 2.28. The Balaban J connectivity index is 1.43. The van der Waals surface area contributed by atoms with Gasteiger partial charge in [0.25, 0.3) is 0 Å². The number of nitrogens with zero attached hydrogens (tertiary/aromatic N) is 2. The molecule has 0 atom stereocenters. The highest BCUT2D eigenvalue weighted by atomic mass is 19.1. The summed E-state index contributed by atoms with van der Waals surface area (Å²) < 4.78 is 26.9. The molecule has 0 saturated heterocycles. The molecule has 0 N–H and O–H groups in total. The van der Waals surface area contributed by atoms with Gasteiger partial charge in [-0.15, -0.1) is 0 Å². The van der Waals surface area contributed by atoms with Gasteiger partial charge in [-0.3, -0.25) is 0 Å². The second-order valence-corrected chi connectivity index (χ2v) is 9.09. The van der Waals surface area contributed by atoms with E-state index in [-0.39, 0.29) is 5.56 Å². The summed E-state index contributed by atoms with van der Waals surface area (Å²) in [6.07, 6.45) is 26.3. The minimum Gasteiger partial charge on any atom is -0.236 e. The van der Waals surface area contributed by atoms with Crippen molar-refractivity contribution in [2.24, 2.45) is 0 Å². The highest BCUT2D eigenvalue weighted by molar-refractivity contribution is 5.55. The summed E-state index contributed by atoms with van der Waals surface area (Å²) >= 11 is 0. The lowest BCUT2D eigenvalue weighted by molar-refractivity contribution is 0.529. The Hall–Kier alpha value is -1.84. The number of benzene rings is 1. The van der Waals surface area contributed by atoms with Crippen molar-refractivity contribution >= 4 is 0 Å².